The molecular weight excluding hydrogens is 474 g/mol. The number of hydrogen-bond donors (Lipinski definition) is 1. The van der Waals surface area contributed by atoms with Crippen LogP contribution in [0.4, 0.5) is 10.5 Å². The standard InChI is InChI=1S/C28H28ClN5O2/c1-19-30-24-8-6-21(17-25(24)31-19)20-7-9-27-22(16-20)18-34(14-15-36-27)28(35)33-12-10-32(11-13-33)26-5-3-2-4-23(26)29/h2-9,16-17H,10-15,18H2,1H3,(H,30,31). The molecule has 4 aromatic rings. The van der Waals surface area contributed by atoms with Crippen molar-refractivity contribution in [2.45, 2.75) is 13.5 Å². The number of aromatic nitrogens is 2. The second-order valence-electron chi connectivity index (χ2n) is 9.35. The smallest absolute Gasteiger partial charge is 0.320 e. The molecule has 3 heterocycles. The van der Waals surface area contributed by atoms with Gasteiger partial charge in [0, 0.05) is 31.7 Å². The highest BCUT2D eigenvalue weighted by molar-refractivity contribution is 6.33. The van der Waals surface area contributed by atoms with Gasteiger partial charge in [-0.05, 0) is 54.4 Å². The molecule has 7 nitrogen and oxygen atoms in total. The Morgan fingerprint density at radius 2 is 1.72 bits per heavy atom. The zero-order valence-electron chi connectivity index (χ0n) is 20.2. The number of amides is 2. The molecule has 1 N–H and O–H groups in total. The highest BCUT2D eigenvalue weighted by Crippen LogP contribution is 2.31. The van der Waals surface area contributed by atoms with E-state index in [1.54, 1.807) is 0 Å². The van der Waals surface area contributed by atoms with Crippen molar-refractivity contribution in [3.8, 4) is 16.9 Å². The number of halogens is 1. The van der Waals surface area contributed by atoms with E-state index in [-0.39, 0.29) is 6.03 Å². The number of piperazine rings is 1. The molecule has 0 saturated carbocycles. The summed E-state index contributed by atoms with van der Waals surface area (Å²) in [6.07, 6.45) is 0. The van der Waals surface area contributed by atoms with Gasteiger partial charge in [0.1, 0.15) is 18.2 Å². The number of aryl methyl sites for hydroxylation is 1. The van der Waals surface area contributed by atoms with Crippen molar-refractivity contribution in [1.82, 2.24) is 19.8 Å². The van der Waals surface area contributed by atoms with E-state index < -0.39 is 0 Å². The third-order valence-electron chi connectivity index (χ3n) is 6.99. The number of ether oxygens (including phenoxy) is 1. The zero-order valence-corrected chi connectivity index (χ0v) is 21.0. The number of imidazole rings is 1. The summed E-state index contributed by atoms with van der Waals surface area (Å²) in [5, 5.41) is 0.746. The van der Waals surface area contributed by atoms with Crippen LogP contribution < -0.4 is 9.64 Å². The van der Waals surface area contributed by atoms with Crippen molar-refractivity contribution in [2.24, 2.45) is 0 Å². The molecule has 1 saturated heterocycles. The fourth-order valence-corrected chi connectivity index (χ4v) is 5.36. The molecule has 8 heteroatoms. The van der Waals surface area contributed by atoms with Crippen molar-refractivity contribution in [1.29, 1.82) is 0 Å². The molecule has 2 aliphatic rings. The molecule has 0 radical (unpaired) electrons. The molecule has 2 amide bonds. The van der Waals surface area contributed by atoms with Gasteiger partial charge in [-0.1, -0.05) is 35.9 Å². The van der Waals surface area contributed by atoms with E-state index in [9.17, 15) is 4.79 Å². The van der Waals surface area contributed by atoms with Crippen LogP contribution in [-0.4, -0.2) is 65.1 Å². The van der Waals surface area contributed by atoms with Crippen LogP contribution in [-0.2, 0) is 6.54 Å². The quantitative estimate of drug-likeness (QED) is 0.403. The molecule has 36 heavy (non-hydrogen) atoms. The number of para-hydroxylation sites is 1. The minimum Gasteiger partial charge on any atom is -0.491 e. The number of aromatic amines is 1. The number of nitrogens with one attached hydrogen (secondary N) is 1. The number of benzene rings is 3. The van der Waals surface area contributed by atoms with Gasteiger partial charge in [-0.15, -0.1) is 0 Å². The second kappa shape index (κ2) is 9.39. The van der Waals surface area contributed by atoms with E-state index in [2.05, 4.69) is 39.1 Å². The van der Waals surface area contributed by atoms with Crippen LogP contribution in [0.1, 0.15) is 11.4 Å². The predicted octanol–water partition coefficient (Wildman–Crippen LogP) is 5.33. The summed E-state index contributed by atoms with van der Waals surface area (Å²) in [5.41, 5.74) is 6.22. The number of nitrogens with zero attached hydrogens (tertiary/aromatic N) is 4. The number of carbonyl (C=O) groups excluding carboxylic acids is 1. The minimum absolute atomic E-state index is 0.0602. The van der Waals surface area contributed by atoms with Crippen LogP contribution in [0.15, 0.2) is 60.7 Å². The third kappa shape index (κ3) is 4.35. The van der Waals surface area contributed by atoms with Crippen LogP contribution in [0.25, 0.3) is 22.2 Å². The first-order valence-electron chi connectivity index (χ1n) is 12.3. The normalized spacial score (nSPS) is 16.0. The first kappa shape index (κ1) is 22.7. The number of carbonyl (C=O) groups is 1. The lowest BCUT2D eigenvalue weighted by atomic mass is 10.0. The van der Waals surface area contributed by atoms with Crippen molar-refractivity contribution in [3.05, 3.63) is 77.1 Å². The largest absolute Gasteiger partial charge is 0.491 e. The van der Waals surface area contributed by atoms with Gasteiger partial charge in [0.25, 0.3) is 0 Å². The fourth-order valence-electron chi connectivity index (χ4n) is 5.10. The monoisotopic (exact) mass is 501 g/mol. The number of fused-ring (bicyclic) bond motifs is 2. The van der Waals surface area contributed by atoms with E-state index in [1.165, 1.54) is 0 Å². The SMILES string of the molecule is Cc1nc2ccc(-c3ccc4c(c3)CN(C(=O)N3CCN(c5ccccc5Cl)CC3)CCO4)cc2[nH]1. The van der Waals surface area contributed by atoms with Gasteiger partial charge in [-0.25, -0.2) is 9.78 Å². The topological polar surface area (TPSA) is 64.7 Å². The molecule has 0 atom stereocenters. The fraction of sp³-hybridized carbons (Fsp3) is 0.286. The molecule has 0 aliphatic carbocycles. The van der Waals surface area contributed by atoms with Crippen LogP contribution in [0.3, 0.4) is 0 Å². The Morgan fingerprint density at radius 3 is 2.56 bits per heavy atom. The van der Waals surface area contributed by atoms with E-state index in [4.69, 9.17) is 16.3 Å². The first-order valence-corrected chi connectivity index (χ1v) is 12.7. The van der Waals surface area contributed by atoms with Crippen LogP contribution in [0.5, 0.6) is 5.75 Å². The van der Waals surface area contributed by atoms with E-state index >= 15 is 0 Å². The highest BCUT2D eigenvalue weighted by Gasteiger charge is 2.28. The Balaban J connectivity index is 1.18. The van der Waals surface area contributed by atoms with Crippen molar-refractivity contribution in [2.75, 3.05) is 44.2 Å². The summed E-state index contributed by atoms with van der Waals surface area (Å²) in [5.74, 6) is 1.75. The lowest BCUT2D eigenvalue weighted by Crippen LogP contribution is -2.53. The summed E-state index contributed by atoms with van der Waals surface area (Å²) in [4.78, 5) is 27.4. The molecule has 1 aromatic heterocycles. The summed E-state index contributed by atoms with van der Waals surface area (Å²) in [7, 11) is 0. The average Bonchev–Trinajstić information content (AvgIpc) is 3.14. The van der Waals surface area contributed by atoms with Crippen LogP contribution in [0.2, 0.25) is 5.02 Å². The van der Waals surface area contributed by atoms with Crippen molar-refractivity contribution < 1.29 is 9.53 Å². The summed E-state index contributed by atoms with van der Waals surface area (Å²) in [6.45, 7) is 6.38. The second-order valence-corrected chi connectivity index (χ2v) is 9.76. The molecule has 2 aliphatic heterocycles. The number of urea groups is 1. The molecule has 0 spiro atoms. The van der Waals surface area contributed by atoms with Gasteiger partial charge in [0.2, 0.25) is 0 Å². The molecule has 0 unspecified atom stereocenters. The Kier molecular flexibility index (Phi) is 5.93. The van der Waals surface area contributed by atoms with Gasteiger partial charge in [0.05, 0.1) is 34.8 Å². The average molecular weight is 502 g/mol. The maximum Gasteiger partial charge on any atom is 0.320 e. The van der Waals surface area contributed by atoms with E-state index in [0.717, 1.165) is 63.1 Å². The lowest BCUT2D eigenvalue weighted by Gasteiger charge is -2.38. The lowest BCUT2D eigenvalue weighted by molar-refractivity contribution is 0.143. The highest BCUT2D eigenvalue weighted by atomic mass is 35.5. The van der Waals surface area contributed by atoms with Gasteiger partial charge in [-0.3, -0.25) is 0 Å². The molecule has 1 fully saturated rings. The molecule has 6 rings (SSSR count). The number of H-pyrrole nitrogens is 1. The van der Waals surface area contributed by atoms with E-state index in [1.807, 2.05) is 53.1 Å². The molecule has 3 aromatic carbocycles. The van der Waals surface area contributed by atoms with E-state index in [0.29, 0.717) is 32.8 Å². The Bertz CT molecular complexity index is 1430. The maximum atomic E-state index is 13.5. The van der Waals surface area contributed by atoms with Gasteiger partial charge >= 0.3 is 6.03 Å². The van der Waals surface area contributed by atoms with Gasteiger partial charge < -0.3 is 24.4 Å². The Hall–Kier alpha value is -3.71. The van der Waals surface area contributed by atoms with Crippen molar-refractivity contribution >= 4 is 34.4 Å². The Morgan fingerprint density at radius 1 is 0.944 bits per heavy atom. The molecular formula is C28H28ClN5O2. The minimum atomic E-state index is 0.0602. The van der Waals surface area contributed by atoms with Crippen molar-refractivity contribution in [3.63, 3.8) is 0 Å². The van der Waals surface area contributed by atoms with Crippen LogP contribution in [0, 0.1) is 6.92 Å². The van der Waals surface area contributed by atoms with Gasteiger partial charge in [-0.2, -0.15) is 0 Å². The summed E-state index contributed by atoms with van der Waals surface area (Å²) >= 11 is 6.38. The molecule has 184 valence electrons. The predicted molar refractivity (Wildman–Crippen MR) is 143 cm³/mol. The Labute approximate surface area is 215 Å². The number of hydrogen-bond acceptors (Lipinski definition) is 4. The third-order valence-corrected chi connectivity index (χ3v) is 7.31. The first-order chi connectivity index (χ1) is 17.5. The number of anilines is 1. The maximum absolute atomic E-state index is 13.5. The van der Waals surface area contributed by atoms with Crippen LogP contribution >= 0.6 is 11.6 Å². The van der Waals surface area contributed by atoms with Gasteiger partial charge in [0.15, 0.2) is 0 Å². The summed E-state index contributed by atoms with van der Waals surface area (Å²) < 4.78 is 6.02. The number of rotatable bonds is 2. The molecule has 0 bridgehead atoms. The summed E-state index contributed by atoms with van der Waals surface area (Å²) in [6, 6.07) is 20.4. The zero-order chi connectivity index (χ0) is 24.6.